The molecular weight excluding hydrogens is 385 g/mol. The number of thioether (sulfide) groups is 1. The molecule has 4 nitrogen and oxygen atoms in total. The van der Waals surface area contributed by atoms with Crippen LogP contribution >= 0.6 is 11.8 Å². The molecule has 0 aliphatic rings. The van der Waals surface area contributed by atoms with Gasteiger partial charge < -0.3 is 4.74 Å². The summed E-state index contributed by atoms with van der Waals surface area (Å²) in [5.74, 6) is 0.380. The predicted molar refractivity (Wildman–Crippen MR) is 113 cm³/mol. The minimum atomic E-state index is -0.381. The summed E-state index contributed by atoms with van der Waals surface area (Å²) in [6.45, 7) is 0. The zero-order valence-corrected chi connectivity index (χ0v) is 16.6. The van der Waals surface area contributed by atoms with E-state index in [0.717, 1.165) is 28.1 Å². The highest BCUT2D eigenvalue weighted by molar-refractivity contribution is 7.98. The Bertz CT molecular complexity index is 1110. The summed E-state index contributed by atoms with van der Waals surface area (Å²) in [5.41, 5.74) is 4.26. The highest BCUT2D eigenvalue weighted by atomic mass is 32.2. The Morgan fingerprint density at radius 3 is 2.10 bits per heavy atom. The Morgan fingerprint density at radius 1 is 0.828 bits per heavy atom. The Hall–Kier alpha value is -3.25. The van der Waals surface area contributed by atoms with Gasteiger partial charge in [-0.2, -0.15) is 0 Å². The Morgan fingerprint density at radius 2 is 1.48 bits per heavy atom. The van der Waals surface area contributed by atoms with Gasteiger partial charge >= 0.3 is 0 Å². The molecule has 0 saturated carbocycles. The van der Waals surface area contributed by atoms with E-state index in [4.69, 9.17) is 9.72 Å². The molecule has 0 aliphatic carbocycles. The van der Waals surface area contributed by atoms with Gasteiger partial charge in [0, 0.05) is 16.9 Å². The highest BCUT2D eigenvalue weighted by Crippen LogP contribution is 2.30. The Balaban J connectivity index is 1.64. The molecule has 29 heavy (non-hydrogen) atoms. The minimum absolute atomic E-state index is 0.232. The van der Waals surface area contributed by atoms with Crippen molar-refractivity contribution in [3.8, 4) is 28.3 Å². The van der Waals surface area contributed by atoms with E-state index in [1.807, 2.05) is 66.7 Å². The average molecular weight is 403 g/mol. The molecule has 0 N–H and O–H groups in total. The van der Waals surface area contributed by atoms with E-state index < -0.39 is 0 Å². The van der Waals surface area contributed by atoms with Gasteiger partial charge in [-0.3, -0.25) is 0 Å². The van der Waals surface area contributed by atoms with Crippen LogP contribution in [0.4, 0.5) is 4.39 Å². The molecule has 0 bridgehead atoms. The summed E-state index contributed by atoms with van der Waals surface area (Å²) < 4.78 is 18.9. The summed E-state index contributed by atoms with van der Waals surface area (Å²) in [4.78, 5) is 4.76. The molecule has 0 saturated heterocycles. The van der Waals surface area contributed by atoms with E-state index in [1.165, 1.54) is 24.9 Å². The first-order valence-corrected chi connectivity index (χ1v) is 10.0. The summed E-state index contributed by atoms with van der Waals surface area (Å²) >= 11 is 1.42. The zero-order valence-electron chi connectivity index (χ0n) is 15.7. The monoisotopic (exact) mass is 403 g/mol. The number of aromatic nitrogens is 3. The highest BCUT2D eigenvalue weighted by Gasteiger charge is 2.14. The fraction of sp³-hybridized carbons (Fsp3) is 0.0870. The molecule has 0 radical (unpaired) electrons. The SMILES string of the molecule is COc1ccc(CSc2nnc(-c3ccccc3)c(-c3ccccc3)n2)cc1F. The van der Waals surface area contributed by atoms with Gasteiger partial charge in [-0.25, -0.2) is 9.37 Å². The Kier molecular flexibility index (Phi) is 5.81. The quantitative estimate of drug-likeness (QED) is 0.390. The minimum Gasteiger partial charge on any atom is -0.494 e. The van der Waals surface area contributed by atoms with Crippen molar-refractivity contribution in [2.75, 3.05) is 7.11 Å². The van der Waals surface area contributed by atoms with E-state index in [2.05, 4.69) is 10.2 Å². The van der Waals surface area contributed by atoms with Crippen LogP contribution in [0.3, 0.4) is 0 Å². The second-order valence-corrected chi connectivity index (χ2v) is 7.22. The van der Waals surface area contributed by atoms with Gasteiger partial charge in [-0.15, -0.1) is 10.2 Å². The van der Waals surface area contributed by atoms with Gasteiger partial charge in [-0.05, 0) is 17.7 Å². The first kappa shape index (κ1) is 19.1. The lowest BCUT2D eigenvalue weighted by atomic mass is 10.0. The molecule has 4 rings (SSSR count). The molecular formula is C23H18FN3OS. The third kappa shape index (κ3) is 4.43. The summed E-state index contributed by atoms with van der Waals surface area (Å²) in [6.07, 6.45) is 0. The third-order valence-electron chi connectivity index (χ3n) is 4.35. The van der Waals surface area contributed by atoms with Gasteiger partial charge in [0.25, 0.3) is 0 Å². The number of hydrogen-bond donors (Lipinski definition) is 0. The van der Waals surface area contributed by atoms with Crippen molar-refractivity contribution in [1.29, 1.82) is 0 Å². The van der Waals surface area contributed by atoms with E-state index in [9.17, 15) is 4.39 Å². The predicted octanol–water partition coefficient (Wildman–Crippen LogP) is 5.65. The molecule has 0 aliphatic heterocycles. The molecule has 0 fully saturated rings. The summed E-state index contributed by atoms with van der Waals surface area (Å²) in [5, 5.41) is 9.29. The van der Waals surface area contributed by atoms with Gasteiger partial charge in [-0.1, -0.05) is 78.5 Å². The number of nitrogens with zero attached hydrogens (tertiary/aromatic N) is 3. The molecule has 0 unspecified atom stereocenters. The van der Waals surface area contributed by atoms with E-state index in [-0.39, 0.29) is 11.6 Å². The van der Waals surface area contributed by atoms with Crippen molar-refractivity contribution in [2.24, 2.45) is 0 Å². The number of ether oxygens (including phenoxy) is 1. The normalized spacial score (nSPS) is 10.7. The molecule has 144 valence electrons. The van der Waals surface area contributed by atoms with Crippen LogP contribution < -0.4 is 4.74 Å². The number of methoxy groups -OCH3 is 1. The maximum Gasteiger partial charge on any atom is 0.210 e. The van der Waals surface area contributed by atoms with Crippen molar-refractivity contribution in [2.45, 2.75) is 10.9 Å². The topological polar surface area (TPSA) is 47.9 Å². The van der Waals surface area contributed by atoms with Crippen molar-refractivity contribution < 1.29 is 9.13 Å². The number of benzene rings is 3. The number of halogens is 1. The zero-order chi connectivity index (χ0) is 20.1. The molecule has 0 atom stereocenters. The van der Waals surface area contributed by atoms with Gasteiger partial charge in [0.2, 0.25) is 5.16 Å². The fourth-order valence-corrected chi connectivity index (χ4v) is 3.64. The van der Waals surface area contributed by atoms with Crippen LogP contribution in [0, 0.1) is 5.82 Å². The van der Waals surface area contributed by atoms with Crippen LogP contribution in [0.5, 0.6) is 5.75 Å². The molecule has 1 heterocycles. The standard InChI is InChI=1S/C23H18FN3OS/c1-28-20-13-12-16(14-19(20)24)15-29-23-25-21(17-8-4-2-5-9-17)22(26-27-23)18-10-6-3-7-11-18/h2-14H,15H2,1H3. The van der Waals surface area contributed by atoms with E-state index in [0.29, 0.717) is 10.9 Å². The molecule has 4 aromatic rings. The van der Waals surface area contributed by atoms with Gasteiger partial charge in [0.15, 0.2) is 11.6 Å². The second-order valence-electron chi connectivity index (χ2n) is 6.28. The van der Waals surface area contributed by atoms with Crippen LogP contribution in [0.1, 0.15) is 5.56 Å². The van der Waals surface area contributed by atoms with Crippen LogP contribution in [0.25, 0.3) is 22.5 Å². The summed E-state index contributed by atoms with van der Waals surface area (Å²) in [7, 11) is 1.45. The van der Waals surface area contributed by atoms with Crippen molar-refractivity contribution >= 4 is 11.8 Å². The van der Waals surface area contributed by atoms with E-state index in [1.54, 1.807) is 6.07 Å². The maximum absolute atomic E-state index is 13.9. The first-order valence-electron chi connectivity index (χ1n) is 9.05. The first-order chi connectivity index (χ1) is 14.2. The largest absolute Gasteiger partial charge is 0.494 e. The van der Waals surface area contributed by atoms with Gasteiger partial charge in [0.05, 0.1) is 7.11 Å². The van der Waals surface area contributed by atoms with Crippen molar-refractivity contribution in [3.05, 3.63) is 90.2 Å². The maximum atomic E-state index is 13.9. The lowest BCUT2D eigenvalue weighted by molar-refractivity contribution is 0.386. The third-order valence-corrected chi connectivity index (χ3v) is 5.25. The number of rotatable bonds is 6. The molecule has 1 aromatic heterocycles. The average Bonchev–Trinajstić information content (AvgIpc) is 2.79. The van der Waals surface area contributed by atoms with Crippen LogP contribution in [-0.4, -0.2) is 22.3 Å². The van der Waals surface area contributed by atoms with Crippen molar-refractivity contribution in [3.63, 3.8) is 0 Å². The smallest absolute Gasteiger partial charge is 0.210 e. The lowest BCUT2D eigenvalue weighted by Gasteiger charge is -2.09. The van der Waals surface area contributed by atoms with Crippen LogP contribution in [-0.2, 0) is 5.75 Å². The Labute approximate surface area is 172 Å². The number of hydrogen-bond acceptors (Lipinski definition) is 5. The molecule has 3 aromatic carbocycles. The van der Waals surface area contributed by atoms with E-state index >= 15 is 0 Å². The summed E-state index contributed by atoms with van der Waals surface area (Å²) in [6, 6.07) is 24.7. The fourth-order valence-electron chi connectivity index (χ4n) is 2.91. The molecule has 6 heteroatoms. The van der Waals surface area contributed by atoms with Crippen molar-refractivity contribution in [1.82, 2.24) is 15.2 Å². The molecule has 0 spiro atoms. The second kappa shape index (κ2) is 8.84. The lowest BCUT2D eigenvalue weighted by Crippen LogP contribution is -1.99. The molecule has 0 amide bonds. The van der Waals surface area contributed by atoms with Crippen LogP contribution in [0.15, 0.2) is 84.0 Å². The van der Waals surface area contributed by atoms with Crippen LogP contribution in [0.2, 0.25) is 0 Å². The van der Waals surface area contributed by atoms with Gasteiger partial charge in [0.1, 0.15) is 11.4 Å².